The Balaban J connectivity index is 1.71. The van der Waals surface area contributed by atoms with E-state index in [0.29, 0.717) is 12.1 Å². The smallest absolute Gasteiger partial charge is 0.149 e. The van der Waals surface area contributed by atoms with Crippen LogP contribution in [0.1, 0.15) is 41.9 Å². The highest BCUT2D eigenvalue weighted by atomic mass is 16.3. The van der Waals surface area contributed by atoms with Crippen molar-refractivity contribution in [3.63, 3.8) is 0 Å². The van der Waals surface area contributed by atoms with Gasteiger partial charge in [-0.2, -0.15) is 5.26 Å². The molecule has 2 unspecified atom stereocenters. The highest BCUT2D eigenvalue weighted by Gasteiger charge is 2.30. The number of aliphatic hydroxyl groups is 1. The van der Waals surface area contributed by atoms with Gasteiger partial charge in [-0.1, -0.05) is 12.1 Å². The molecule has 22 heavy (non-hydrogen) atoms. The van der Waals surface area contributed by atoms with Crippen molar-refractivity contribution in [2.45, 2.75) is 25.0 Å². The predicted molar refractivity (Wildman–Crippen MR) is 80.7 cm³/mol. The van der Waals surface area contributed by atoms with Gasteiger partial charge in [-0.05, 0) is 37.1 Å². The maximum Gasteiger partial charge on any atom is 0.149 e. The number of likely N-dealkylation sites (tertiary alicyclic amines) is 1. The summed E-state index contributed by atoms with van der Waals surface area (Å²) in [5.41, 5.74) is 1.44. The standard InChI is InChI=1S/C16H19N5O/c1-20-11-18-19-16(20)14-3-2-8-21(14)10-15(22)13-6-4-12(9-17)5-7-13/h4-7,11,14-15,22H,2-3,8,10H2,1H3. The van der Waals surface area contributed by atoms with Crippen LogP contribution in [-0.4, -0.2) is 37.9 Å². The lowest BCUT2D eigenvalue weighted by Gasteiger charge is -2.26. The lowest BCUT2D eigenvalue weighted by atomic mass is 10.1. The number of aromatic nitrogens is 3. The van der Waals surface area contributed by atoms with Crippen LogP contribution in [0.2, 0.25) is 0 Å². The number of rotatable bonds is 4. The van der Waals surface area contributed by atoms with E-state index in [2.05, 4.69) is 21.2 Å². The Morgan fingerprint density at radius 1 is 1.41 bits per heavy atom. The second-order valence-electron chi connectivity index (χ2n) is 5.70. The number of hydrogen-bond acceptors (Lipinski definition) is 5. The normalized spacial score (nSPS) is 20.0. The molecule has 2 aromatic rings. The Labute approximate surface area is 129 Å². The summed E-state index contributed by atoms with van der Waals surface area (Å²) in [4.78, 5) is 2.26. The summed E-state index contributed by atoms with van der Waals surface area (Å²) >= 11 is 0. The Bertz CT molecular complexity index is 673. The van der Waals surface area contributed by atoms with Crippen molar-refractivity contribution in [2.75, 3.05) is 13.1 Å². The van der Waals surface area contributed by atoms with Gasteiger partial charge in [0.05, 0.1) is 23.8 Å². The minimum absolute atomic E-state index is 0.209. The average molecular weight is 297 g/mol. The summed E-state index contributed by atoms with van der Waals surface area (Å²) in [6.07, 6.45) is 3.27. The molecule has 0 bridgehead atoms. The SMILES string of the molecule is Cn1cnnc1C1CCCN1CC(O)c1ccc(C#N)cc1. The first-order valence-electron chi connectivity index (χ1n) is 7.45. The summed E-state index contributed by atoms with van der Waals surface area (Å²) in [5.74, 6) is 0.949. The molecule has 1 aliphatic heterocycles. The number of aryl methyl sites for hydroxylation is 1. The molecule has 0 amide bonds. The lowest BCUT2D eigenvalue weighted by molar-refractivity contribution is 0.103. The molecule has 1 N–H and O–H groups in total. The molecule has 3 rings (SSSR count). The van der Waals surface area contributed by atoms with E-state index in [1.165, 1.54) is 0 Å². The number of β-amino-alcohol motifs (C(OH)–C–C–N with tert-alkyl or cyclic N) is 1. The van der Waals surface area contributed by atoms with Crippen LogP contribution >= 0.6 is 0 Å². The predicted octanol–water partition coefficient (Wildman–Crippen LogP) is 1.56. The maximum absolute atomic E-state index is 10.5. The number of nitrogens with zero attached hydrogens (tertiary/aromatic N) is 5. The van der Waals surface area contributed by atoms with Crippen molar-refractivity contribution in [1.82, 2.24) is 19.7 Å². The first kappa shape index (κ1) is 14.7. The van der Waals surface area contributed by atoms with Crippen molar-refractivity contribution in [1.29, 1.82) is 5.26 Å². The third kappa shape index (κ3) is 2.86. The highest BCUT2D eigenvalue weighted by Crippen LogP contribution is 2.32. The van der Waals surface area contributed by atoms with E-state index in [1.807, 2.05) is 23.7 Å². The molecule has 6 heteroatoms. The van der Waals surface area contributed by atoms with Gasteiger partial charge in [-0.3, -0.25) is 4.90 Å². The largest absolute Gasteiger partial charge is 0.387 e. The third-order valence-electron chi connectivity index (χ3n) is 4.24. The van der Waals surface area contributed by atoms with E-state index >= 15 is 0 Å². The number of benzene rings is 1. The molecule has 1 aromatic heterocycles. The van der Waals surface area contributed by atoms with Crippen LogP contribution in [0.3, 0.4) is 0 Å². The Kier molecular flexibility index (Phi) is 4.18. The number of hydrogen-bond donors (Lipinski definition) is 1. The van der Waals surface area contributed by atoms with E-state index in [4.69, 9.17) is 5.26 Å². The van der Waals surface area contributed by atoms with Crippen molar-refractivity contribution in [2.24, 2.45) is 7.05 Å². The topological polar surface area (TPSA) is 78.0 Å². The van der Waals surface area contributed by atoms with Gasteiger partial charge in [-0.15, -0.1) is 10.2 Å². The van der Waals surface area contributed by atoms with Crippen LogP contribution < -0.4 is 0 Å². The van der Waals surface area contributed by atoms with E-state index in [0.717, 1.165) is 30.8 Å². The van der Waals surface area contributed by atoms with E-state index in [1.54, 1.807) is 18.5 Å². The van der Waals surface area contributed by atoms with Crippen LogP contribution in [0.5, 0.6) is 0 Å². The molecule has 2 atom stereocenters. The van der Waals surface area contributed by atoms with E-state index in [-0.39, 0.29) is 6.04 Å². The molecular weight excluding hydrogens is 278 g/mol. The summed E-state index contributed by atoms with van der Waals surface area (Å²) in [6.45, 7) is 1.51. The molecule has 0 saturated carbocycles. The minimum atomic E-state index is -0.568. The molecular formula is C16H19N5O. The second kappa shape index (κ2) is 6.26. The van der Waals surface area contributed by atoms with Gasteiger partial charge in [0.25, 0.3) is 0 Å². The van der Waals surface area contributed by atoms with Gasteiger partial charge in [0.15, 0.2) is 0 Å². The van der Waals surface area contributed by atoms with Crippen molar-refractivity contribution in [3.8, 4) is 6.07 Å². The summed E-state index contributed by atoms with van der Waals surface area (Å²) < 4.78 is 1.94. The fraction of sp³-hybridized carbons (Fsp3) is 0.438. The van der Waals surface area contributed by atoms with Gasteiger partial charge >= 0.3 is 0 Å². The molecule has 0 radical (unpaired) electrons. The maximum atomic E-state index is 10.5. The summed E-state index contributed by atoms with van der Waals surface area (Å²) in [5, 5.41) is 27.4. The highest BCUT2D eigenvalue weighted by molar-refractivity contribution is 5.32. The molecule has 114 valence electrons. The Morgan fingerprint density at radius 3 is 2.82 bits per heavy atom. The van der Waals surface area contributed by atoms with Crippen LogP contribution in [0.4, 0.5) is 0 Å². The Hall–Kier alpha value is -2.23. The fourth-order valence-corrected chi connectivity index (χ4v) is 3.04. The van der Waals surface area contributed by atoms with Gasteiger partial charge in [0, 0.05) is 13.6 Å². The van der Waals surface area contributed by atoms with E-state index in [9.17, 15) is 5.11 Å². The van der Waals surface area contributed by atoms with Gasteiger partial charge in [0.1, 0.15) is 12.2 Å². The average Bonchev–Trinajstić information content (AvgIpc) is 3.15. The van der Waals surface area contributed by atoms with Crippen molar-refractivity contribution < 1.29 is 5.11 Å². The monoisotopic (exact) mass is 297 g/mol. The lowest BCUT2D eigenvalue weighted by Crippen LogP contribution is -2.29. The second-order valence-corrected chi connectivity index (χ2v) is 5.70. The minimum Gasteiger partial charge on any atom is -0.387 e. The molecule has 2 heterocycles. The van der Waals surface area contributed by atoms with Gasteiger partial charge < -0.3 is 9.67 Å². The third-order valence-corrected chi connectivity index (χ3v) is 4.24. The quantitative estimate of drug-likeness (QED) is 0.926. The fourth-order valence-electron chi connectivity index (χ4n) is 3.04. The molecule has 1 aromatic carbocycles. The van der Waals surface area contributed by atoms with Gasteiger partial charge in [-0.25, -0.2) is 0 Å². The summed E-state index contributed by atoms with van der Waals surface area (Å²) in [7, 11) is 1.95. The van der Waals surface area contributed by atoms with Crippen LogP contribution in [0.15, 0.2) is 30.6 Å². The van der Waals surface area contributed by atoms with Gasteiger partial charge in [0.2, 0.25) is 0 Å². The first-order chi connectivity index (χ1) is 10.7. The molecule has 1 fully saturated rings. The van der Waals surface area contributed by atoms with Crippen LogP contribution in [-0.2, 0) is 7.05 Å². The molecule has 1 aliphatic rings. The molecule has 0 spiro atoms. The van der Waals surface area contributed by atoms with Crippen LogP contribution in [0, 0.1) is 11.3 Å². The van der Waals surface area contributed by atoms with Crippen molar-refractivity contribution >= 4 is 0 Å². The molecule has 1 saturated heterocycles. The van der Waals surface area contributed by atoms with Crippen molar-refractivity contribution in [3.05, 3.63) is 47.5 Å². The zero-order chi connectivity index (χ0) is 15.5. The van der Waals surface area contributed by atoms with Crippen LogP contribution in [0.25, 0.3) is 0 Å². The molecule has 6 nitrogen and oxygen atoms in total. The number of aliphatic hydroxyl groups excluding tert-OH is 1. The number of nitriles is 1. The zero-order valence-corrected chi connectivity index (χ0v) is 12.6. The first-order valence-corrected chi connectivity index (χ1v) is 7.45. The summed E-state index contributed by atoms with van der Waals surface area (Å²) in [6, 6.07) is 9.41. The zero-order valence-electron chi connectivity index (χ0n) is 12.6. The Morgan fingerprint density at radius 2 is 2.18 bits per heavy atom. The van der Waals surface area contributed by atoms with E-state index < -0.39 is 6.10 Å². The molecule has 0 aliphatic carbocycles.